The van der Waals surface area contributed by atoms with Crippen LogP contribution in [0, 0.1) is 5.92 Å². The molecule has 0 amide bonds. The molecule has 0 aliphatic rings. The third-order valence-corrected chi connectivity index (χ3v) is 3.01. The molecular formula is C16H19F7N2O2. The van der Waals surface area contributed by atoms with Crippen molar-refractivity contribution in [3.8, 4) is 11.5 Å². The fraction of sp³-hybridized carbons (Fsp3) is 0.562. The first kappa shape index (κ1) is 22.8. The van der Waals surface area contributed by atoms with Crippen LogP contribution in [0.2, 0.25) is 0 Å². The first-order chi connectivity index (χ1) is 12.3. The van der Waals surface area contributed by atoms with Gasteiger partial charge in [0.15, 0.2) is 11.5 Å². The lowest BCUT2D eigenvalue weighted by atomic mass is 10.2. The Bertz CT molecular complexity index is 646. The molecular weight excluding hydrogens is 385 g/mol. The fourth-order valence-electron chi connectivity index (χ4n) is 1.69. The summed E-state index contributed by atoms with van der Waals surface area (Å²) >= 11 is 0. The van der Waals surface area contributed by atoms with Crippen LogP contribution in [-0.2, 0) is 0 Å². The molecule has 0 aliphatic carbocycles. The largest absolute Gasteiger partial charge is 0.490 e. The smallest absolute Gasteiger partial charge is 0.462 e. The molecule has 0 saturated heterocycles. The van der Waals surface area contributed by atoms with E-state index in [0.29, 0.717) is 24.0 Å². The molecule has 0 aliphatic heterocycles. The van der Waals surface area contributed by atoms with Crippen LogP contribution in [0.5, 0.6) is 11.5 Å². The average Bonchev–Trinajstić information content (AvgIpc) is 2.53. The normalized spacial score (nSPS) is 13.3. The van der Waals surface area contributed by atoms with Crippen LogP contribution >= 0.6 is 0 Å². The van der Waals surface area contributed by atoms with Crippen molar-refractivity contribution in [2.75, 3.05) is 13.2 Å². The second-order valence-electron chi connectivity index (χ2n) is 5.86. The van der Waals surface area contributed by atoms with E-state index in [-0.39, 0.29) is 23.8 Å². The van der Waals surface area contributed by atoms with Crippen molar-refractivity contribution < 1.29 is 40.2 Å². The van der Waals surface area contributed by atoms with Crippen molar-refractivity contribution >= 4 is 6.21 Å². The number of hydrogen-bond donors (Lipinski definition) is 1. The lowest BCUT2D eigenvalue weighted by molar-refractivity contribution is -0.361. The highest BCUT2D eigenvalue weighted by atomic mass is 19.4. The summed E-state index contributed by atoms with van der Waals surface area (Å²) in [5.41, 5.74) is 0.674. The molecule has 1 N–H and O–H groups in total. The molecule has 0 atom stereocenters. The van der Waals surface area contributed by atoms with Gasteiger partial charge in [-0.05, 0) is 36.6 Å². The minimum Gasteiger partial charge on any atom is -0.490 e. The van der Waals surface area contributed by atoms with Gasteiger partial charge in [-0.15, -0.1) is 0 Å². The second kappa shape index (κ2) is 8.66. The van der Waals surface area contributed by atoms with E-state index in [0.717, 1.165) is 0 Å². The molecule has 0 radical (unpaired) electrons. The van der Waals surface area contributed by atoms with Gasteiger partial charge in [0.05, 0.1) is 19.4 Å². The summed E-state index contributed by atoms with van der Waals surface area (Å²) in [5, 5.41) is 2.80. The molecule has 0 saturated carbocycles. The van der Waals surface area contributed by atoms with Gasteiger partial charge in [0.1, 0.15) is 0 Å². The number of halogens is 7. The van der Waals surface area contributed by atoms with Crippen molar-refractivity contribution in [3.05, 3.63) is 23.8 Å². The lowest BCUT2D eigenvalue weighted by Gasteiger charge is -2.27. The van der Waals surface area contributed by atoms with Gasteiger partial charge in [-0.3, -0.25) is 0 Å². The van der Waals surface area contributed by atoms with Crippen LogP contribution in [0.1, 0.15) is 26.3 Å². The standard InChI is InChI=1S/C16H19F7N2O2/c1-4-26-13-7-11(5-6-12(13)27-9-10(2)3)8-24-25-16(22,23)14(17,18)15(19,20)21/h5-8,10,25H,4,9H2,1-3H3/b24-8+. The van der Waals surface area contributed by atoms with Crippen molar-refractivity contribution in [2.24, 2.45) is 11.0 Å². The molecule has 0 unspecified atom stereocenters. The maximum absolute atomic E-state index is 13.1. The molecule has 0 heterocycles. The zero-order chi connectivity index (χ0) is 20.9. The molecule has 0 aromatic heterocycles. The molecule has 154 valence electrons. The van der Waals surface area contributed by atoms with Gasteiger partial charge in [0, 0.05) is 0 Å². The van der Waals surface area contributed by atoms with E-state index >= 15 is 0 Å². The maximum atomic E-state index is 13.1. The van der Waals surface area contributed by atoms with Crippen molar-refractivity contribution in [1.29, 1.82) is 0 Å². The van der Waals surface area contributed by atoms with Gasteiger partial charge < -0.3 is 9.47 Å². The zero-order valence-electron chi connectivity index (χ0n) is 14.7. The van der Waals surface area contributed by atoms with Gasteiger partial charge in [-0.2, -0.15) is 35.8 Å². The Morgan fingerprint density at radius 3 is 2.19 bits per heavy atom. The Morgan fingerprint density at radius 1 is 1.04 bits per heavy atom. The fourth-order valence-corrected chi connectivity index (χ4v) is 1.69. The summed E-state index contributed by atoms with van der Waals surface area (Å²) in [6.45, 7) is 6.17. The summed E-state index contributed by atoms with van der Waals surface area (Å²) in [6.07, 6.45) is -5.77. The highest BCUT2D eigenvalue weighted by molar-refractivity contribution is 5.80. The van der Waals surface area contributed by atoms with E-state index in [1.807, 2.05) is 13.8 Å². The third-order valence-electron chi connectivity index (χ3n) is 3.01. The zero-order valence-corrected chi connectivity index (χ0v) is 14.7. The van der Waals surface area contributed by atoms with Crippen LogP contribution < -0.4 is 14.9 Å². The highest BCUT2D eigenvalue weighted by Gasteiger charge is 2.73. The Balaban J connectivity index is 2.93. The molecule has 1 rings (SSSR count). The summed E-state index contributed by atoms with van der Waals surface area (Å²) in [6, 6.07) is -1.50. The maximum Gasteiger partial charge on any atom is 0.462 e. The Labute approximate surface area is 151 Å². The van der Waals surface area contributed by atoms with Crippen molar-refractivity contribution in [1.82, 2.24) is 5.43 Å². The molecule has 0 spiro atoms. The molecule has 0 bridgehead atoms. The van der Waals surface area contributed by atoms with Crippen LogP contribution in [-0.4, -0.2) is 37.6 Å². The Hall–Kier alpha value is -2.20. The summed E-state index contributed by atoms with van der Waals surface area (Å²) in [7, 11) is 0. The topological polar surface area (TPSA) is 42.8 Å². The number of ether oxygens (including phenoxy) is 2. The minimum absolute atomic E-state index is 0.119. The Morgan fingerprint density at radius 2 is 1.67 bits per heavy atom. The lowest BCUT2D eigenvalue weighted by Crippen LogP contribution is -2.58. The van der Waals surface area contributed by atoms with E-state index in [1.165, 1.54) is 18.2 Å². The van der Waals surface area contributed by atoms with Gasteiger partial charge in [-0.25, -0.2) is 5.43 Å². The predicted molar refractivity (Wildman–Crippen MR) is 84.6 cm³/mol. The predicted octanol–water partition coefficient (Wildman–Crippen LogP) is 4.83. The number of nitrogens with one attached hydrogen (secondary N) is 1. The molecule has 1 aromatic rings. The summed E-state index contributed by atoms with van der Waals surface area (Å²) in [4.78, 5) is 0. The number of hydrogen-bond acceptors (Lipinski definition) is 4. The number of nitrogens with zero attached hydrogens (tertiary/aromatic N) is 1. The average molecular weight is 404 g/mol. The van der Waals surface area contributed by atoms with E-state index in [2.05, 4.69) is 5.10 Å². The summed E-state index contributed by atoms with van der Waals surface area (Å²) in [5.74, 6) is -5.45. The van der Waals surface area contributed by atoms with Crippen LogP contribution in [0.3, 0.4) is 0 Å². The van der Waals surface area contributed by atoms with Crippen molar-refractivity contribution in [2.45, 2.75) is 38.9 Å². The van der Waals surface area contributed by atoms with E-state index < -0.39 is 18.1 Å². The van der Waals surface area contributed by atoms with Gasteiger partial charge in [0.25, 0.3) is 0 Å². The third kappa shape index (κ3) is 5.90. The van der Waals surface area contributed by atoms with E-state index in [9.17, 15) is 30.7 Å². The van der Waals surface area contributed by atoms with E-state index in [4.69, 9.17) is 9.47 Å². The van der Waals surface area contributed by atoms with Gasteiger partial charge in [0.2, 0.25) is 0 Å². The number of hydrazone groups is 1. The van der Waals surface area contributed by atoms with Crippen LogP contribution in [0.4, 0.5) is 30.7 Å². The number of alkyl halides is 7. The monoisotopic (exact) mass is 404 g/mol. The molecule has 0 fully saturated rings. The highest BCUT2D eigenvalue weighted by Crippen LogP contribution is 2.45. The quantitative estimate of drug-likeness (QED) is 0.277. The molecule has 1 aromatic carbocycles. The molecule has 11 heteroatoms. The number of rotatable bonds is 9. The molecule has 4 nitrogen and oxygen atoms in total. The second-order valence-corrected chi connectivity index (χ2v) is 5.86. The van der Waals surface area contributed by atoms with E-state index in [1.54, 1.807) is 6.92 Å². The molecule has 27 heavy (non-hydrogen) atoms. The minimum atomic E-state index is -6.43. The van der Waals surface area contributed by atoms with Gasteiger partial charge in [-0.1, -0.05) is 13.8 Å². The first-order valence-electron chi connectivity index (χ1n) is 7.84. The first-order valence-corrected chi connectivity index (χ1v) is 7.84. The Kier molecular flexibility index (Phi) is 7.32. The van der Waals surface area contributed by atoms with Crippen molar-refractivity contribution in [3.63, 3.8) is 0 Å². The van der Waals surface area contributed by atoms with Gasteiger partial charge >= 0.3 is 18.1 Å². The summed E-state index contributed by atoms with van der Waals surface area (Å²) < 4.78 is 98.7. The van der Waals surface area contributed by atoms with Crippen LogP contribution in [0.25, 0.3) is 0 Å². The SMILES string of the molecule is CCOc1cc(/C=N/NC(F)(F)C(F)(F)C(F)(F)F)ccc1OCC(C)C. The van der Waals surface area contributed by atoms with Crippen LogP contribution in [0.15, 0.2) is 23.3 Å². The number of benzene rings is 1.